The molecule has 4 aromatic rings. The summed E-state index contributed by atoms with van der Waals surface area (Å²) in [6, 6.07) is 19.7. The topological polar surface area (TPSA) is 112 Å². The van der Waals surface area contributed by atoms with E-state index >= 15 is 0 Å². The summed E-state index contributed by atoms with van der Waals surface area (Å²) in [6.45, 7) is 6.86. The third-order valence-electron chi connectivity index (χ3n) is 6.28. The zero-order chi connectivity index (χ0) is 28.1. The van der Waals surface area contributed by atoms with Crippen molar-refractivity contribution in [2.75, 3.05) is 23.8 Å². The van der Waals surface area contributed by atoms with E-state index in [1.165, 1.54) is 0 Å². The smallest absolute Gasteiger partial charge is 0.255 e. The Morgan fingerprint density at radius 1 is 0.975 bits per heavy atom. The van der Waals surface area contributed by atoms with Gasteiger partial charge in [-0.1, -0.05) is 47.0 Å². The first-order valence-electron chi connectivity index (χ1n) is 12.9. The number of hydrogen-bond donors (Lipinski definition) is 2. The number of carbonyl (C=O) groups is 1. The van der Waals surface area contributed by atoms with Gasteiger partial charge < -0.3 is 24.8 Å². The molecule has 0 spiro atoms. The van der Waals surface area contributed by atoms with E-state index in [-0.39, 0.29) is 5.91 Å². The molecule has 1 aliphatic rings. The molecular formula is C29H29ClN6O4. The van der Waals surface area contributed by atoms with Gasteiger partial charge in [0.25, 0.3) is 5.91 Å². The van der Waals surface area contributed by atoms with E-state index in [0.29, 0.717) is 65.0 Å². The number of rotatable bonds is 10. The highest BCUT2D eigenvalue weighted by Crippen LogP contribution is 2.39. The van der Waals surface area contributed by atoms with Gasteiger partial charge in [0.1, 0.15) is 18.4 Å². The first kappa shape index (κ1) is 27.0. The molecule has 0 fully saturated rings. The van der Waals surface area contributed by atoms with Crippen LogP contribution >= 0.6 is 11.6 Å². The second-order valence-electron chi connectivity index (χ2n) is 8.95. The highest BCUT2D eigenvalue weighted by atomic mass is 35.5. The molecule has 10 nitrogen and oxygen atoms in total. The first-order valence-corrected chi connectivity index (χ1v) is 13.3. The number of halogens is 1. The fourth-order valence-corrected chi connectivity index (χ4v) is 4.61. The van der Waals surface area contributed by atoms with Crippen LogP contribution in [-0.2, 0) is 11.4 Å². The van der Waals surface area contributed by atoms with E-state index in [4.69, 9.17) is 25.8 Å². The molecule has 1 aromatic heterocycles. The van der Waals surface area contributed by atoms with Gasteiger partial charge in [-0.2, -0.15) is 4.68 Å². The molecule has 1 aliphatic heterocycles. The Labute approximate surface area is 236 Å². The lowest BCUT2D eigenvalue weighted by Crippen LogP contribution is -2.31. The summed E-state index contributed by atoms with van der Waals surface area (Å²) >= 11 is 6.01. The number of hydrogen-bond acceptors (Lipinski definition) is 8. The van der Waals surface area contributed by atoms with E-state index in [1.807, 2.05) is 81.4 Å². The molecule has 40 heavy (non-hydrogen) atoms. The van der Waals surface area contributed by atoms with Gasteiger partial charge in [-0.15, -0.1) is 0 Å². The van der Waals surface area contributed by atoms with Crippen LogP contribution in [0.3, 0.4) is 0 Å². The summed E-state index contributed by atoms with van der Waals surface area (Å²) in [5.41, 5.74) is 3.36. The maximum absolute atomic E-state index is 13.8. The van der Waals surface area contributed by atoms with Crippen molar-refractivity contribution in [3.8, 4) is 17.2 Å². The van der Waals surface area contributed by atoms with Gasteiger partial charge in [0.05, 0.1) is 24.5 Å². The highest BCUT2D eigenvalue weighted by molar-refractivity contribution is 6.30. The molecule has 5 rings (SSSR count). The summed E-state index contributed by atoms with van der Waals surface area (Å²) in [4.78, 5) is 13.8. The molecule has 1 atom stereocenters. The minimum atomic E-state index is -0.630. The fourth-order valence-electron chi connectivity index (χ4n) is 4.48. The number of nitrogens with zero attached hydrogens (tertiary/aromatic N) is 4. The third kappa shape index (κ3) is 5.72. The van der Waals surface area contributed by atoms with Crippen molar-refractivity contribution >= 4 is 29.1 Å². The Kier molecular flexibility index (Phi) is 8.16. The number of allylic oxidation sites excluding steroid dienone is 1. The van der Waals surface area contributed by atoms with Crippen molar-refractivity contribution in [2.45, 2.75) is 33.4 Å². The van der Waals surface area contributed by atoms with Crippen molar-refractivity contribution in [1.82, 2.24) is 20.2 Å². The van der Waals surface area contributed by atoms with Crippen LogP contribution in [0.4, 0.5) is 11.6 Å². The van der Waals surface area contributed by atoms with Crippen LogP contribution in [0.15, 0.2) is 78.0 Å². The Hall–Kier alpha value is -4.57. The Morgan fingerprint density at radius 2 is 1.73 bits per heavy atom. The predicted molar refractivity (Wildman–Crippen MR) is 152 cm³/mol. The Bertz CT molecular complexity index is 1540. The maximum Gasteiger partial charge on any atom is 0.255 e. The second-order valence-corrected chi connectivity index (χ2v) is 9.39. The van der Waals surface area contributed by atoms with Gasteiger partial charge >= 0.3 is 0 Å². The Balaban J connectivity index is 1.48. The minimum absolute atomic E-state index is 0.315. The second kappa shape index (κ2) is 12.1. The average molecular weight is 561 g/mol. The van der Waals surface area contributed by atoms with E-state index in [9.17, 15) is 4.79 Å². The van der Waals surface area contributed by atoms with E-state index < -0.39 is 6.04 Å². The highest BCUT2D eigenvalue weighted by Gasteiger charge is 2.35. The molecule has 0 aliphatic carbocycles. The number of amides is 1. The summed E-state index contributed by atoms with van der Waals surface area (Å²) in [6.07, 6.45) is 0. The fraction of sp³-hybridized carbons (Fsp3) is 0.241. The van der Waals surface area contributed by atoms with Crippen LogP contribution in [0, 0.1) is 0 Å². The van der Waals surface area contributed by atoms with Crippen LogP contribution in [0.25, 0.3) is 0 Å². The SMILES string of the molecule is CCOc1ccccc1NC(=O)C1=C(C)Nc2nnnn2C1c1ccc(OCc2ccc(Cl)cc2)c(OCC)c1. The summed E-state index contributed by atoms with van der Waals surface area (Å²) in [5.74, 6) is 1.81. The van der Waals surface area contributed by atoms with Crippen molar-refractivity contribution < 1.29 is 19.0 Å². The van der Waals surface area contributed by atoms with Gasteiger partial charge in [0.2, 0.25) is 5.95 Å². The number of tetrazole rings is 1. The molecular weight excluding hydrogens is 532 g/mol. The lowest BCUT2D eigenvalue weighted by molar-refractivity contribution is -0.113. The van der Waals surface area contributed by atoms with Gasteiger partial charge in [0.15, 0.2) is 11.5 Å². The summed E-state index contributed by atoms with van der Waals surface area (Å²) in [7, 11) is 0. The Morgan fingerprint density at radius 3 is 2.50 bits per heavy atom. The molecule has 0 saturated heterocycles. The van der Waals surface area contributed by atoms with Gasteiger partial charge in [-0.05, 0) is 78.7 Å². The zero-order valence-electron chi connectivity index (χ0n) is 22.3. The molecule has 2 N–H and O–H groups in total. The molecule has 0 saturated carbocycles. The quantitative estimate of drug-likeness (QED) is 0.257. The monoisotopic (exact) mass is 560 g/mol. The summed E-state index contributed by atoms with van der Waals surface area (Å²) < 4.78 is 19.3. The largest absolute Gasteiger partial charge is 0.492 e. The molecule has 0 radical (unpaired) electrons. The van der Waals surface area contributed by atoms with Crippen molar-refractivity contribution in [3.05, 3.63) is 94.1 Å². The van der Waals surface area contributed by atoms with Crippen LogP contribution < -0.4 is 24.8 Å². The summed E-state index contributed by atoms with van der Waals surface area (Å²) in [5, 5.41) is 18.9. The van der Waals surface area contributed by atoms with E-state index in [2.05, 4.69) is 26.2 Å². The van der Waals surface area contributed by atoms with Crippen LogP contribution in [0.2, 0.25) is 5.02 Å². The molecule has 1 amide bonds. The van der Waals surface area contributed by atoms with Crippen molar-refractivity contribution in [3.63, 3.8) is 0 Å². The molecule has 3 aromatic carbocycles. The number of nitrogens with one attached hydrogen (secondary N) is 2. The van der Waals surface area contributed by atoms with Crippen molar-refractivity contribution in [2.24, 2.45) is 0 Å². The number of para-hydroxylation sites is 2. The number of carbonyl (C=O) groups excluding carboxylic acids is 1. The van der Waals surface area contributed by atoms with Crippen LogP contribution in [-0.4, -0.2) is 39.3 Å². The number of aromatic nitrogens is 4. The molecule has 11 heteroatoms. The molecule has 0 bridgehead atoms. The predicted octanol–water partition coefficient (Wildman–Crippen LogP) is 5.63. The number of ether oxygens (including phenoxy) is 3. The number of benzene rings is 3. The normalized spacial score (nSPS) is 14.2. The lowest BCUT2D eigenvalue weighted by atomic mass is 9.94. The molecule has 1 unspecified atom stereocenters. The van der Waals surface area contributed by atoms with Crippen molar-refractivity contribution in [1.29, 1.82) is 0 Å². The van der Waals surface area contributed by atoms with Crippen LogP contribution in [0.1, 0.15) is 37.9 Å². The van der Waals surface area contributed by atoms with E-state index in [1.54, 1.807) is 10.7 Å². The third-order valence-corrected chi connectivity index (χ3v) is 6.54. The van der Waals surface area contributed by atoms with Gasteiger partial charge in [-0.3, -0.25) is 4.79 Å². The minimum Gasteiger partial charge on any atom is -0.492 e. The standard InChI is InChI=1S/C29H29ClN6O4/c1-4-38-23-9-7-6-8-22(23)32-28(37)26-18(3)31-29-33-34-35-36(29)27(26)20-12-15-24(25(16-20)39-5-2)40-17-19-10-13-21(30)14-11-19/h6-16,27H,4-5,17H2,1-3H3,(H,32,37)(H,31,33,35). The average Bonchev–Trinajstić information content (AvgIpc) is 3.42. The zero-order valence-corrected chi connectivity index (χ0v) is 23.1. The maximum atomic E-state index is 13.8. The van der Waals surface area contributed by atoms with Gasteiger partial charge in [-0.25, -0.2) is 0 Å². The van der Waals surface area contributed by atoms with E-state index in [0.717, 1.165) is 11.1 Å². The molecule has 206 valence electrons. The number of anilines is 2. The van der Waals surface area contributed by atoms with Gasteiger partial charge in [0, 0.05) is 10.7 Å². The molecule has 2 heterocycles. The lowest BCUT2D eigenvalue weighted by Gasteiger charge is -2.28. The number of fused-ring (bicyclic) bond motifs is 1. The van der Waals surface area contributed by atoms with Crippen LogP contribution in [0.5, 0.6) is 17.2 Å². The first-order chi connectivity index (χ1) is 19.5.